The number of rotatable bonds is 2. The number of para-hydroxylation sites is 1. The molecule has 2 heterocycles. The van der Waals surface area contributed by atoms with Crippen molar-refractivity contribution in [1.29, 1.82) is 0 Å². The van der Waals surface area contributed by atoms with Crippen molar-refractivity contribution < 1.29 is 9.47 Å². The fourth-order valence-corrected chi connectivity index (χ4v) is 2.75. The fourth-order valence-electron chi connectivity index (χ4n) is 2.75. The Kier molecular flexibility index (Phi) is 2.82. The molecule has 1 aliphatic rings. The van der Waals surface area contributed by atoms with Gasteiger partial charge in [0, 0.05) is 18.9 Å². The van der Waals surface area contributed by atoms with E-state index in [0.717, 1.165) is 16.7 Å². The largest absolute Gasteiger partial charge is 0.495 e. The fraction of sp³-hybridized carbons (Fsp3) is 0.312. The highest BCUT2D eigenvalue weighted by Crippen LogP contribution is 2.34. The van der Waals surface area contributed by atoms with Crippen molar-refractivity contribution in [2.24, 2.45) is 7.05 Å². The molecule has 1 atom stereocenters. The van der Waals surface area contributed by atoms with Gasteiger partial charge in [-0.25, -0.2) is 0 Å². The molecule has 104 valence electrons. The molecule has 0 saturated carbocycles. The molecule has 20 heavy (non-hydrogen) atoms. The second kappa shape index (κ2) is 4.40. The Bertz CT molecular complexity index is 773. The van der Waals surface area contributed by atoms with Gasteiger partial charge < -0.3 is 14.0 Å². The lowest BCUT2D eigenvalue weighted by atomic mass is 10.0. The van der Waals surface area contributed by atoms with Gasteiger partial charge in [0.2, 0.25) is 5.88 Å². The molecule has 2 aromatic rings. The van der Waals surface area contributed by atoms with Crippen LogP contribution in [0.1, 0.15) is 12.5 Å². The molecule has 1 aliphatic heterocycles. The number of ether oxygens (including phenoxy) is 2. The lowest BCUT2D eigenvalue weighted by molar-refractivity contribution is 0.254. The van der Waals surface area contributed by atoms with Gasteiger partial charge in [-0.05, 0) is 24.6 Å². The number of aryl methyl sites for hydroxylation is 1. The molecule has 1 unspecified atom stereocenters. The van der Waals surface area contributed by atoms with Crippen molar-refractivity contribution in [2.45, 2.75) is 19.4 Å². The van der Waals surface area contributed by atoms with Crippen molar-refractivity contribution in [3.8, 4) is 11.6 Å². The van der Waals surface area contributed by atoms with Crippen molar-refractivity contribution in [3.63, 3.8) is 0 Å². The number of benzene rings is 1. The van der Waals surface area contributed by atoms with Crippen molar-refractivity contribution in [2.75, 3.05) is 7.11 Å². The van der Waals surface area contributed by atoms with E-state index >= 15 is 0 Å². The first-order chi connectivity index (χ1) is 9.54. The number of pyridine rings is 1. The SMILES string of the molecule is C=C(C)C1Cc2c(n(C)c3c(OC)cccc3c2=O)O1. The molecule has 4 heteroatoms. The zero-order valence-electron chi connectivity index (χ0n) is 11.9. The number of methoxy groups -OCH3 is 1. The molecule has 0 bridgehead atoms. The van der Waals surface area contributed by atoms with Crippen LogP contribution in [0.15, 0.2) is 35.1 Å². The summed E-state index contributed by atoms with van der Waals surface area (Å²) in [6.07, 6.45) is 0.469. The molecule has 3 rings (SSSR count). The quantitative estimate of drug-likeness (QED) is 0.788. The Morgan fingerprint density at radius 1 is 1.50 bits per heavy atom. The van der Waals surface area contributed by atoms with Crippen LogP contribution < -0.4 is 14.9 Å². The lowest BCUT2D eigenvalue weighted by Gasteiger charge is -2.15. The van der Waals surface area contributed by atoms with E-state index in [1.807, 2.05) is 36.7 Å². The number of aromatic nitrogens is 1. The number of hydrogen-bond donors (Lipinski definition) is 0. The molecule has 0 amide bonds. The number of nitrogens with zero attached hydrogens (tertiary/aromatic N) is 1. The highest BCUT2D eigenvalue weighted by Gasteiger charge is 2.29. The summed E-state index contributed by atoms with van der Waals surface area (Å²) in [7, 11) is 3.49. The minimum atomic E-state index is -0.119. The van der Waals surface area contributed by atoms with Gasteiger partial charge in [-0.3, -0.25) is 4.79 Å². The number of hydrogen-bond acceptors (Lipinski definition) is 3. The normalized spacial score (nSPS) is 16.9. The Labute approximate surface area is 117 Å². The summed E-state index contributed by atoms with van der Waals surface area (Å²) in [6.45, 7) is 5.84. The van der Waals surface area contributed by atoms with Gasteiger partial charge in [0.05, 0.1) is 18.2 Å². The highest BCUT2D eigenvalue weighted by atomic mass is 16.5. The standard InChI is InChI=1S/C16H17NO3/c1-9(2)13-8-11-15(18)10-6-5-7-12(19-4)14(10)17(3)16(11)20-13/h5-7,13H,1,8H2,2-4H3. The summed E-state index contributed by atoms with van der Waals surface area (Å²) >= 11 is 0. The molecule has 0 radical (unpaired) electrons. The first kappa shape index (κ1) is 12.8. The van der Waals surface area contributed by atoms with Crippen LogP contribution in [0.3, 0.4) is 0 Å². The summed E-state index contributed by atoms with van der Waals surface area (Å²) in [5.41, 5.74) is 2.44. The van der Waals surface area contributed by atoms with Gasteiger partial charge in [-0.1, -0.05) is 12.6 Å². The van der Waals surface area contributed by atoms with Crippen molar-refractivity contribution in [3.05, 3.63) is 46.1 Å². The molecule has 0 fully saturated rings. The van der Waals surface area contributed by atoms with Gasteiger partial charge in [-0.15, -0.1) is 0 Å². The van der Waals surface area contributed by atoms with Crippen LogP contribution in [0.2, 0.25) is 0 Å². The third kappa shape index (κ3) is 1.64. The van der Waals surface area contributed by atoms with Gasteiger partial charge >= 0.3 is 0 Å². The Hall–Kier alpha value is -2.23. The third-order valence-electron chi connectivity index (χ3n) is 3.83. The topological polar surface area (TPSA) is 40.5 Å². The zero-order valence-corrected chi connectivity index (χ0v) is 11.9. The van der Waals surface area contributed by atoms with Crippen molar-refractivity contribution in [1.82, 2.24) is 4.57 Å². The summed E-state index contributed by atoms with van der Waals surface area (Å²) < 4.78 is 13.2. The summed E-state index contributed by atoms with van der Waals surface area (Å²) in [5, 5.41) is 0.663. The van der Waals surface area contributed by atoms with Crippen LogP contribution in [0.4, 0.5) is 0 Å². The lowest BCUT2D eigenvalue weighted by Crippen LogP contribution is -2.14. The van der Waals surface area contributed by atoms with Gasteiger partial charge in [0.15, 0.2) is 5.43 Å². The maximum Gasteiger partial charge on any atom is 0.201 e. The average Bonchev–Trinajstić information content (AvgIpc) is 2.89. The first-order valence-corrected chi connectivity index (χ1v) is 6.55. The second-order valence-corrected chi connectivity index (χ2v) is 5.19. The van der Waals surface area contributed by atoms with Crippen LogP contribution in [0.5, 0.6) is 11.6 Å². The Morgan fingerprint density at radius 3 is 2.90 bits per heavy atom. The number of fused-ring (bicyclic) bond motifs is 2. The van der Waals surface area contributed by atoms with E-state index in [9.17, 15) is 4.79 Å². The van der Waals surface area contributed by atoms with E-state index in [4.69, 9.17) is 9.47 Å². The van der Waals surface area contributed by atoms with Gasteiger partial charge in [0.25, 0.3) is 0 Å². The minimum Gasteiger partial charge on any atom is -0.495 e. The zero-order chi connectivity index (χ0) is 14.4. The summed E-state index contributed by atoms with van der Waals surface area (Å²) in [5.74, 6) is 1.30. The van der Waals surface area contributed by atoms with Gasteiger partial charge in [0.1, 0.15) is 11.9 Å². The summed E-state index contributed by atoms with van der Waals surface area (Å²) in [4.78, 5) is 12.6. The van der Waals surface area contributed by atoms with Crippen LogP contribution in [-0.2, 0) is 13.5 Å². The molecule has 0 spiro atoms. The van der Waals surface area contributed by atoms with E-state index in [1.54, 1.807) is 7.11 Å². The molecule has 1 aromatic heterocycles. The van der Waals surface area contributed by atoms with E-state index in [-0.39, 0.29) is 11.5 Å². The van der Waals surface area contributed by atoms with E-state index in [1.165, 1.54) is 0 Å². The minimum absolute atomic E-state index is 0.0238. The van der Waals surface area contributed by atoms with Crippen LogP contribution in [-0.4, -0.2) is 17.8 Å². The average molecular weight is 271 g/mol. The predicted molar refractivity (Wildman–Crippen MR) is 78.7 cm³/mol. The highest BCUT2D eigenvalue weighted by molar-refractivity contribution is 5.86. The Balaban J connectivity index is 2.35. The van der Waals surface area contributed by atoms with E-state index < -0.39 is 0 Å². The molecule has 0 N–H and O–H groups in total. The molecule has 0 saturated heterocycles. The van der Waals surface area contributed by atoms with Crippen LogP contribution in [0, 0.1) is 0 Å². The summed E-state index contributed by atoms with van der Waals surface area (Å²) in [6, 6.07) is 5.51. The molecule has 1 aromatic carbocycles. The smallest absolute Gasteiger partial charge is 0.201 e. The molecule has 4 nitrogen and oxygen atoms in total. The van der Waals surface area contributed by atoms with Gasteiger partial charge in [-0.2, -0.15) is 0 Å². The molecule has 0 aliphatic carbocycles. The van der Waals surface area contributed by atoms with Crippen LogP contribution >= 0.6 is 0 Å². The maximum absolute atomic E-state index is 12.6. The molecular weight excluding hydrogens is 254 g/mol. The maximum atomic E-state index is 12.6. The predicted octanol–water partition coefficient (Wildman–Crippen LogP) is 2.43. The Morgan fingerprint density at radius 2 is 2.25 bits per heavy atom. The molecular formula is C16H17NO3. The monoisotopic (exact) mass is 271 g/mol. The first-order valence-electron chi connectivity index (χ1n) is 6.55. The van der Waals surface area contributed by atoms with E-state index in [0.29, 0.717) is 23.4 Å². The third-order valence-corrected chi connectivity index (χ3v) is 3.83. The second-order valence-electron chi connectivity index (χ2n) is 5.19. The van der Waals surface area contributed by atoms with Crippen LogP contribution in [0.25, 0.3) is 10.9 Å². The van der Waals surface area contributed by atoms with Crippen molar-refractivity contribution >= 4 is 10.9 Å². The van der Waals surface area contributed by atoms with E-state index in [2.05, 4.69) is 6.58 Å².